The van der Waals surface area contributed by atoms with Crippen LogP contribution < -0.4 is 21.2 Å². The van der Waals surface area contributed by atoms with Crippen LogP contribution in [0, 0.1) is 6.92 Å². The molecule has 1 aliphatic heterocycles. The molecule has 144 valence electrons. The van der Waals surface area contributed by atoms with Gasteiger partial charge in [-0.15, -0.1) is 0 Å². The number of nitrogens with two attached hydrogens (primary N) is 1. The molecule has 2 aromatic carbocycles. The smallest absolute Gasteiger partial charge is 0.165 e. The second-order valence-corrected chi connectivity index (χ2v) is 7.34. The highest BCUT2D eigenvalue weighted by Crippen LogP contribution is 2.29. The van der Waals surface area contributed by atoms with Gasteiger partial charge in [0.15, 0.2) is 11.5 Å². The van der Waals surface area contributed by atoms with Crippen LogP contribution in [0.5, 0.6) is 0 Å². The van der Waals surface area contributed by atoms with Gasteiger partial charge in [0, 0.05) is 11.4 Å². The summed E-state index contributed by atoms with van der Waals surface area (Å²) in [6.45, 7) is 2.61. The molecular formula is C21H18ClN7. The van der Waals surface area contributed by atoms with Crippen molar-refractivity contribution in [2.75, 3.05) is 10.6 Å². The fraction of sp³-hybridized carbons (Fsp3) is 0.143. The lowest BCUT2D eigenvalue weighted by Gasteiger charge is -2.31. The maximum absolute atomic E-state index is 6.53. The molecule has 0 bridgehead atoms. The van der Waals surface area contributed by atoms with E-state index in [0.717, 1.165) is 21.8 Å². The van der Waals surface area contributed by atoms with Crippen LogP contribution >= 0.6 is 11.6 Å². The Morgan fingerprint density at radius 2 is 1.93 bits per heavy atom. The predicted molar refractivity (Wildman–Crippen MR) is 114 cm³/mol. The van der Waals surface area contributed by atoms with E-state index in [2.05, 4.69) is 39.0 Å². The number of hydrogen-bond donors (Lipinski definition) is 1. The number of hydrogen-bond acceptors (Lipinski definition) is 6. The molecule has 7 nitrogen and oxygen atoms in total. The normalized spacial score (nSPS) is 15.7. The van der Waals surface area contributed by atoms with Crippen molar-refractivity contribution in [2.24, 2.45) is 4.99 Å². The van der Waals surface area contributed by atoms with Gasteiger partial charge in [0.2, 0.25) is 0 Å². The van der Waals surface area contributed by atoms with Gasteiger partial charge in [-0.2, -0.15) is 0 Å². The lowest BCUT2D eigenvalue weighted by molar-refractivity contribution is 0.556. The molecule has 0 fully saturated rings. The summed E-state index contributed by atoms with van der Waals surface area (Å²) in [5, 5.41) is 2.71. The second-order valence-electron chi connectivity index (χ2n) is 6.93. The molecule has 0 spiro atoms. The number of fused-ring (bicyclic) bond motifs is 2. The minimum Gasteiger partial charge on any atom is -0.382 e. The highest BCUT2D eigenvalue weighted by atomic mass is 35.5. The summed E-state index contributed by atoms with van der Waals surface area (Å²) in [4.78, 5) is 19.9. The summed E-state index contributed by atoms with van der Waals surface area (Å²) in [5.41, 5.74) is 9.27. The maximum Gasteiger partial charge on any atom is 0.165 e. The first-order valence-corrected chi connectivity index (χ1v) is 9.59. The van der Waals surface area contributed by atoms with Crippen LogP contribution in [0.4, 0.5) is 11.5 Å². The number of halogens is 1. The number of aryl methyl sites for hydroxylation is 1. The molecule has 2 N–H and O–H groups in total. The third-order valence-corrected chi connectivity index (χ3v) is 5.42. The van der Waals surface area contributed by atoms with Crippen molar-refractivity contribution in [3.63, 3.8) is 0 Å². The average molecular weight is 404 g/mol. The van der Waals surface area contributed by atoms with E-state index in [1.54, 1.807) is 6.33 Å². The quantitative estimate of drug-likeness (QED) is 0.567. The summed E-state index contributed by atoms with van der Waals surface area (Å²) in [6.07, 6.45) is 5.07. The van der Waals surface area contributed by atoms with Crippen LogP contribution in [0.1, 0.15) is 5.56 Å². The molecular weight excluding hydrogens is 386 g/mol. The number of imidazole rings is 1. The molecule has 4 aromatic rings. The van der Waals surface area contributed by atoms with Gasteiger partial charge in [0.1, 0.15) is 18.0 Å². The Hall–Kier alpha value is -3.45. The van der Waals surface area contributed by atoms with E-state index in [0.29, 0.717) is 28.5 Å². The van der Waals surface area contributed by atoms with Gasteiger partial charge in [-0.1, -0.05) is 35.9 Å². The second kappa shape index (κ2) is 6.86. The molecule has 0 saturated heterocycles. The van der Waals surface area contributed by atoms with E-state index in [9.17, 15) is 0 Å². The summed E-state index contributed by atoms with van der Waals surface area (Å²) in [5.74, 6) is 0.366. The van der Waals surface area contributed by atoms with E-state index >= 15 is 0 Å². The van der Waals surface area contributed by atoms with Crippen LogP contribution in [0.15, 0.2) is 60.1 Å². The minimum atomic E-state index is -0.224. The Bertz CT molecular complexity index is 1340. The molecule has 0 saturated carbocycles. The molecule has 1 atom stereocenters. The Morgan fingerprint density at radius 1 is 1.07 bits per heavy atom. The number of anilines is 2. The fourth-order valence-corrected chi connectivity index (χ4v) is 3.86. The van der Waals surface area contributed by atoms with E-state index < -0.39 is 0 Å². The van der Waals surface area contributed by atoms with E-state index in [1.165, 1.54) is 6.33 Å². The van der Waals surface area contributed by atoms with Crippen molar-refractivity contribution in [1.29, 1.82) is 0 Å². The number of aromatic nitrogens is 4. The SMILES string of the molecule is Cc1cccc2c1=CN(c1ccccc1Cl)C(Cn1cnc3c(N)ncnc31)N=2. The molecule has 0 aliphatic carbocycles. The Kier molecular flexibility index (Phi) is 4.17. The Balaban J connectivity index is 1.66. The van der Waals surface area contributed by atoms with Gasteiger partial charge in [-0.25, -0.2) is 15.0 Å². The monoisotopic (exact) mass is 403 g/mol. The van der Waals surface area contributed by atoms with Gasteiger partial charge >= 0.3 is 0 Å². The van der Waals surface area contributed by atoms with Crippen molar-refractivity contribution >= 4 is 40.5 Å². The zero-order valence-corrected chi connectivity index (χ0v) is 16.5. The molecule has 8 heteroatoms. The minimum absolute atomic E-state index is 0.224. The first-order valence-electron chi connectivity index (χ1n) is 9.21. The highest BCUT2D eigenvalue weighted by molar-refractivity contribution is 6.33. The third kappa shape index (κ3) is 3.00. The van der Waals surface area contributed by atoms with E-state index in [-0.39, 0.29) is 6.17 Å². The van der Waals surface area contributed by atoms with Crippen LogP contribution in [-0.4, -0.2) is 25.7 Å². The zero-order valence-electron chi connectivity index (χ0n) is 15.7. The summed E-state index contributed by atoms with van der Waals surface area (Å²) in [6, 6.07) is 13.9. The van der Waals surface area contributed by atoms with Crippen LogP contribution in [0.2, 0.25) is 5.02 Å². The number of rotatable bonds is 3. The summed E-state index contributed by atoms with van der Waals surface area (Å²) in [7, 11) is 0. The van der Waals surface area contributed by atoms with Crippen LogP contribution in [0.3, 0.4) is 0 Å². The van der Waals surface area contributed by atoms with Crippen molar-refractivity contribution in [2.45, 2.75) is 19.6 Å². The number of benzene rings is 2. The first kappa shape index (κ1) is 17.6. The van der Waals surface area contributed by atoms with Crippen molar-refractivity contribution in [3.8, 4) is 0 Å². The van der Waals surface area contributed by atoms with Gasteiger partial charge in [0.05, 0.1) is 28.9 Å². The molecule has 29 heavy (non-hydrogen) atoms. The Labute approximate surface area is 171 Å². The standard InChI is InChI=1S/C21H18ClN7/c1-13-5-4-7-16-14(13)9-29(17-8-3-2-6-15(17)22)18(27-16)10-28-12-26-19-20(23)24-11-25-21(19)28/h2-9,11-12,18H,10H2,1H3,(H2,23,24,25). The molecule has 0 amide bonds. The summed E-state index contributed by atoms with van der Waals surface area (Å²) >= 11 is 6.53. The number of para-hydroxylation sites is 1. The van der Waals surface area contributed by atoms with Crippen molar-refractivity contribution in [1.82, 2.24) is 19.5 Å². The number of nitrogen functional groups attached to an aromatic ring is 1. The zero-order chi connectivity index (χ0) is 20.0. The van der Waals surface area contributed by atoms with Gasteiger partial charge in [-0.05, 0) is 30.7 Å². The topological polar surface area (TPSA) is 85.2 Å². The molecule has 1 unspecified atom stereocenters. The van der Waals surface area contributed by atoms with Crippen molar-refractivity contribution < 1.29 is 0 Å². The van der Waals surface area contributed by atoms with Crippen LogP contribution in [0.25, 0.3) is 17.4 Å². The molecule has 2 aromatic heterocycles. The molecule has 0 radical (unpaired) electrons. The lowest BCUT2D eigenvalue weighted by Crippen LogP contribution is -2.45. The lowest BCUT2D eigenvalue weighted by atomic mass is 10.1. The van der Waals surface area contributed by atoms with Crippen molar-refractivity contribution in [3.05, 3.63) is 76.3 Å². The van der Waals surface area contributed by atoms with E-state index in [1.807, 2.05) is 41.0 Å². The average Bonchev–Trinajstić information content (AvgIpc) is 3.13. The molecule has 3 heterocycles. The third-order valence-electron chi connectivity index (χ3n) is 5.10. The largest absolute Gasteiger partial charge is 0.382 e. The molecule has 1 aliphatic rings. The number of nitrogens with zero attached hydrogens (tertiary/aromatic N) is 6. The maximum atomic E-state index is 6.53. The van der Waals surface area contributed by atoms with E-state index in [4.69, 9.17) is 22.3 Å². The molecule has 5 rings (SSSR count). The van der Waals surface area contributed by atoms with Gasteiger partial charge in [-0.3, -0.25) is 4.99 Å². The predicted octanol–water partition coefficient (Wildman–Crippen LogP) is 2.27. The highest BCUT2D eigenvalue weighted by Gasteiger charge is 2.23. The van der Waals surface area contributed by atoms with Gasteiger partial charge < -0.3 is 15.2 Å². The van der Waals surface area contributed by atoms with Gasteiger partial charge in [0.25, 0.3) is 0 Å². The van der Waals surface area contributed by atoms with Crippen LogP contribution in [-0.2, 0) is 6.54 Å². The fourth-order valence-electron chi connectivity index (χ4n) is 3.62. The Morgan fingerprint density at radius 3 is 2.79 bits per heavy atom. The summed E-state index contributed by atoms with van der Waals surface area (Å²) < 4.78 is 1.94. The first-order chi connectivity index (χ1) is 14.1.